The fourth-order valence-corrected chi connectivity index (χ4v) is 13.9. The number of aliphatic hydroxyl groups is 1. The Kier molecular flexibility index (Phi) is 42.0. The maximum Gasteiger partial charge on any atom is 0.407 e. The number of nitrogens with one attached hydrogen (secondary N) is 15. The highest BCUT2D eigenvalue weighted by molar-refractivity contribution is 6.05. The zero-order valence-electron chi connectivity index (χ0n) is 71.7. The highest BCUT2D eigenvalue weighted by Crippen LogP contribution is 2.44. The monoisotopic (exact) mass is 1820 g/mol. The molecule has 6 rings (SSSR count). The number of alkyl carbamates (subject to hydrolysis) is 1. The number of para-hydroxylation sites is 1. The molecule has 16 amide bonds. The van der Waals surface area contributed by atoms with E-state index in [2.05, 4.69) is 70.7 Å². The number of carboxylic acids is 4. The van der Waals surface area contributed by atoms with Gasteiger partial charge in [-0.1, -0.05) is 143 Å². The van der Waals surface area contributed by atoms with Gasteiger partial charge in [0.2, 0.25) is 76.8 Å². The number of urea groups is 1. The number of primary amides is 1. The van der Waals surface area contributed by atoms with E-state index in [0.29, 0.717) is 12.0 Å². The number of nitrogen functional groups attached to an aromatic ring is 1. The van der Waals surface area contributed by atoms with Gasteiger partial charge < -0.3 is 126 Å². The molecule has 24 N–H and O–H groups in total. The van der Waals surface area contributed by atoms with E-state index in [9.17, 15) is 117 Å². The quantitative estimate of drug-likeness (QED) is 0.00937. The van der Waals surface area contributed by atoms with Crippen molar-refractivity contribution in [2.75, 3.05) is 45.1 Å². The molecule has 0 bridgehead atoms. The Morgan fingerprint density at radius 2 is 1.02 bits per heavy atom. The molecule has 0 saturated carbocycles. The molecule has 4 aromatic carbocycles. The molecule has 130 heavy (non-hydrogen) atoms. The van der Waals surface area contributed by atoms with Gasteiger partial charge in [-0.15, -0.1) is 0 Å². The average Bonchev–Trinajstić information content (AvgIpc) is 1.61. The van der Waals surface area contributed by atoms with Crippen molar-refractivity contribution in [1.29, 1.82) is 0 Å². The van der Waals surface area contributed by atoms with Crippen LogP contribution in [0.3, 0.4) is 0 Å². The van der Waals surface area contributed by atoms with E-state index < -0.39 is 274 Å². The molecule has 45 heteroatoms. The number of hydrogen-bond donors (Lipinski definition) is 22. The van der Waals surface area contributed by atoms with E-state index in [4.69, 9.17) is 20.9 Å². The van der Waals surface area contributed by atoms with Gasteiger partial charge in [0.1, 0.15) is 79.2 Å². The number of carboxylic acid groups (broad SMARTS) is 4. The summed E-state index contributed by atoms with van der Waals surface area (Å²) in [6, 6.07) is 4.09. The summed E-state index contributed by atoms with van der Waals surface area (Å²) in [5, 5.41) is 83.8. The molecule has 0 radical (unpaired) electrons. The molecule has 10 unspecified atom stereocenters. The van der Waals surface area contributed by atoms with Crippen LogP contribution in [0.2, 0.25) is 0 Å². The van der Waals surface area contributed by atoms with Crippen LogP contribution in [0.5, 0.6) is 0 Å². The van der Waals surface area contributed by atoms with Gasteiger partial charge >= 0.3 is 42.0 Å². The number of hydrogen-bond acceptors (Lipinski definition) is 25. The predicted octanol–water partition coefficient (Wildman–Crippen LogP) is -2.73. The number of anilines is 1. The first-order valence-electron chi connectivity index (χ1n) is 41.9. The molecule has 704 valence electrons. The van der Waals surface area contributed by atoms with Crippen LogP contribution < -0.4 is 91.2 Å². The number of fused-ring (bicyclic) bond motifs is 3. The number of esters is 1. The summed E-state index contributed by atoms with van der Waals surface area (Å²) in [7, 11) is 0. The minimum absolute atomic E-state index is 0.154. The lowest BCUT2D eigenvalue weighted by Gasteiger charge is -2.30. The minimum atomic E-state index is -2.51. The summed E-state index contributed by atoms with van der Waals surface area (Å²) in [5.41, 5.74) is 15.2. The first kappa shape index (κ1) is 104. The number of carbonyl (C=O) groups excluding carboxylic acids is 17. The van der Waals surface area contributed by atoms with E-state index in [1.807, 2.05) is 64.5 Å². The highest BCUT2D eigenvalue weighted by Gasteiger charge is 2.42. The number of amides is 16. The minimum Gasteiger partial charge on any atom is -0.481 e. The fourth-order valence-electron chi connectivity index (χ4n) is 13.9. The molecule has 0 aromatic heterocycles. The Balaban J connectivity index is 1.41. The van der Waals surface area contributed by atoms with Crippen LogP contribution in [0, 0.1) is 5.92 Å². The Hall–Kier alpha value is -14.7. The summed E-state index contributed by atoms with van der Waals surface area (Å²) in [5.74, 6) is -30.2. The van der Waals surface area contributed by atoms with Crippen molar-refractivity contribution in [3.8, 4) is 11.1 Å². The number of nitrogens with two attached hydrogens (primary N) is 2. The zero-order chi connectivity index (χ0) is 95.8. The average molecular weight is 1820 g/mol. The Morgan fingerprint density at radius 1 is 0.500 bits per heavy atom. The van der Waals surface area contributed by atoms with Gasteiger partial charge in [0.15, 0.2) is 5.78 Å². The second kappa shape index (κ2) is 52.4. The van der Waals surface area contributed by atoms with E-state index in [-0.39, 0.29) is 43.8 Å². The number of Topliss-reactive ketones (excluding diaryl/α,β-unsaturated/α-hetero) is 1. The zero-order valence-corrected chi connectivity index (χ0v) is 71.7. The molecule has 0 spiro atoms. The molecule has 13 atom stereocenters. The van der Waals surface area contributed by atoms with Crippen molar-refractivity contribution in [2.24, 2.45) is 11.7 Å². The van der Waals surface area contributed by atoms with E-state index in [1.54, 1.807) is 30.3 Å². The van der Waals surface area contributed by atoms with Gasteiger partial charge in [0.25, 0.3) is 0 Å². The van der Waals surface area contributed by atoms with E-state index in [1.165, 1.54) is 24.3 Å². The smallest absolute Gasteiger partial charge is 0.407 e. The van der Waals surface area contributed by atoms with Crippen LogP contribution in [0.25, 0.3) is 11.1 Å². The number of unbranched alkanes of at least 4 members (excludes halogenated alkanes) is 6. The van der Waals surface area contributed by atoms with Crippen LogP contribution in [-0.4, -0.2) is 262 Å². The number of ether oxygens (including phenoxy) is 2. The maximum atomic E-state index is 15.0. The molecule has 1 fully saturated rings. The Labute approximate surface area is 744 Å². The molecule has 4 aromatic rings. The predicted molar refractivity (Wildman–Crippen MR) is 456 cm³/mol. The van der Waals surface area contributed by atoms with Crippen molar-refractivity contribution in [1.82, 2.24) is 79.8 Å². The van der Waals surface area contributed by atoms with Crippen LogP contribution >= 0.6 is 0 Å². The lowest BCUT2D eigenvalue weighted by Crippen LogP contribution is -2.62. The summed E-state index contributed by atoms with van der Waals surface area (Å²) in [6.07, 6.45) is -5.05. The number of aliphatic carboxylic acids is 4. The molecule has 1 aliphatic carbocycles. The second-order valence-corrected chi connectivity index (χ2v) is 30.9. The van der Waals surface area contributed by atoms with Gasteiger partial charge in [0.05, 0.1) is 51.8 Å². The van der Waals surface area contributed by atoms with Crippen molar-refractivity contribution in [2.45, 2.75) is 209 Å². The van der Waals surface area contributed by atoms with Crippen LogP contribution in [0.15, 0.2) is 103 Å². The standard InChI is InChI=1S/C85H111N17O28/c1-5-6-7-8-9-10-20-31-88-84(127)100-56(34-47-22-12-11-13-23-47)77(120)96-57(36-64(87)105)78(121)98-60(39-70(114)115)79(122)102-72-46(4)130-83(126)61(35-63(104)52-28-18-19-29-54(52)86)99-82(125)71(44(2)33-67(108)109)101-80(123)62(42-103)94-66(107)40-90-74(117)58(37-68(110)111)95-73(116)45(3)92-76(119)59(38-69(112)113)97-75(118)55(93-65(106)41-91-81(72)124)30-21-32-89-85(128)129-43-53-50-26-16-14-24-48(50)49-25-15-17-27-51(49)53/h11-19,22-29,44-46,53,55-62,71-72,103H,5-10,20-21,30-43,86H2,1-4H3,(H2,87,105)(H,89,128)(H,90,117)(H,91,124)(H,92,119)(H,93,106)(H,94,107)(H,95,116)(H,96,120)(H,97,118)(H,98,121)(H,99,125)(H,101,123)(H,102,122)(H,108,109)(H,110,111)(H,112,113)(H,114,115)(H2,88,100,127)/t44?,45?,46?,55?,56-,57+,58?,59?,60+,61?,62?,71?,72?/m1/s1. The number of cyclic esters (lactones) is 1. The van der Waals surface area contributed by atoms with Gasteiger partial charge in [0, 0.05) is 43.1 Å². The van der Waals surface area contributed by atoms with Crippen LogP contribution in [-0.2, 0) is 102 Å². The molecule has 1 heterocycles. The Morgan fingerprint density at radius 3 is 1.61 bits per heavy atom. The third-order valence-electron chi connectivity index (χ3n) is 20.7. The van der Waals surface area contributed by atoms with Crippen molar-refractivity contribution < 1.29 is 136 Å². The first-order valence-corrected chi connectivity index (χ1v) is 41.9. The second-order valence-electron chi connectivity index (χ2n) is 30.9. The maximum absolute atomic E-state index is 15.0. The molecular formula is C85H111N17O28. The summed E-state index contributed by atoms with van der Waals surface area (Å²) in [4.78, 5) is 290. The molecular weight excluding hydrogens is 1710 g/mol. The van der Waals surface area contributed by atoms with Gasteiger partial charge in [-0.2, -0.15) is 0 Å². The largest absolute Gasteiger partial charge is 0.481 e. The van der Waals surface area contributed by atoms with Gasteiger partial charge in [-0.05, 0) is 79.0 Å². The third-order valence-corrected chi connectivity index (χ3v) is 20.7. The summed E-state index contributed by atoms with van der Waals surface area (Å²) < 4.78 is 11.4. The van der Waals surface area contributed by atoms with Crippen molar-refractivity contribution in [3.63, 3.8) is 0 Å². The van der Waals surface area contributed by atoms with Crippen molar-refractivity contribution in [3.05, 3.63) is 125 Å². The van der Waals surface area contributed by atoms with Gasteiger partial charge in [-0.3, -0.25) is 86.3 Å². The number of carbonyl (C=O) groups is 21. The third kappa shape index (κ3) is 34.2. The summed E-state index contributed by atoms with van der Waals surface area (Å²) in [6.45, 7) is 0.849. The van der Waals surface area contributed by atoms with E-state index in [0.717, 1.165) is 81.5 Å². The molecule has 1 aliphatic heterocycles. The fraction of sp³-hybridized carbons (Fsp3) is 0.471. The normalized spacial score (nSPS) is 20.3. The number of aliphatic hydroxyl groups excluding tert-OH is 1. The lowest BCUT2D eigenvalue weighted by molar-refractivity contribution is -0.156. The van der Waals surface area contributed by atoms with E-state index >= 15 is 9.59 Å². The van der Waals surface area contributed by atoms with Crippen molar-refractivity contribution >= 4 is 130 Å². The topological polar surface area (TPSA) is 711 Å². The SMILES string of the molecule is CCCCCCCCCNC(=O)N[C@H](Cc1ccccc1)C(=O)N[C@@H](CC(N)=O)C(=O)N[C@@H](CC(=O)O)C(=O)NC1C(=O)NCC(=O)NC(CCCNC(=O)OCC2c3ccccc3-c3ccccc32)C(=O)NC(CC(=O)O)C(=O)NC(C)C(=O)NC(CC(=O)O)C(=O)NCC(=O)NC(CO)C(=O)NC(C(C)CC(=O)O)C(=O)NC(CC(=O)c2ccccc2N)C(=O)OC1C. The van der Waals surface area contributed by atoms with Gasteiger partial charge in [-0.25, -0.2) is 14.4 Å². The molecule has 1 saturated heterocycles. The molecule has 2 aliphatic rings. The Bertz CT molecular complexity index is 4720. The number of benzene rings is 4. The lowest BCUT2D eigenvalue weighted by atomic mass is 9.96. The number of rotatable bonds is 38. The van der Waals surface area contributed by atoms with Crippen LogP contribution in [0.4, 0.5) is 15.3 Å². The highest BCUT2D eigenvalue weighted by atomic mass is 16.6. The first-order chi connectivity index (χ1) is 61.8. The van der Waals surface area contributed by atoms with Crippen LogP contribution in [0.1, 0.15) is 157 Å². The number of ketones is 1. The molecule has 45 nitrogen and oxygen atoms in total. The summed E-state index contributed by atoms with van der Waals surface area (Å²) >= 11 is 0.